The second kappa shape index (κ2) is 6.89. The Bertz CT molecular complexity index is 1050. The summed E-state index contributed by atoms with van der Waals surface area (Å²) in [5, 5.41) is 4.18. The molecule has 0 bridgehead atoms. The fourth-order valence-corrected chi connectivity index (χ4v) is 3.46. The highest BCUT2D eigenvalue weighted by atomic mass is 16.1. The molecule has 0 saturated heterocycles. The summed E-state index contributed by atoms with van der Waals surface area (Å²) in [6.07, 6.45) is 2.85. The van der Waals surface area contributed by atoms with Gasteiger partial charge in [0, 0.05) is 30.7 Å². The van der Waals surface area contributed by atoms with Crippen LogP contribution in [0.25, 0.3) is 22.0 Å². The third-order valence-electron chi connectivity index (χ3n) is 4.62. The maximum atomic E-state index is 11.2. The molecule has 5 rings (SSSR count). The number of rotatable bonds is 1. The monoisotopic (exact) mass is 340 g/mol. The Labute approximate surface area is 152 Å². The molecule has 3 aromatic carbocycles. The van der Waals surface area contributed by atoms with Crippen molar-refractivity contribution in [3.05, 3.63) is 90.1 Å². The Morgan fingerprint density at radius 3 is 2.50 bits per heavy atom. The van der Waals surface area contributed by atoms with Crippen LogP contribution in [0.4, 0.5) is 5.69 Å². The minimum absolute atomic E-state index is 0.0191. The average Bonchev–Trinajstić information content (AvgIpc) is 3.27. The van der Waals surface area contributed by atoms with Crippen LogP contribution in [0.2, 0.25) is 0 Å². The number of aromatic nitrogens is 1. The molecule has 0 spiro atoms. The first kappa shape index (κ1) is 16.2. The highest BCUT2D eigenvalue weighted by Crippen LogP contribution is 2.39. The van der Waals surface area contributed by atoms with E-state index in [1.54, 1.807) is 6.92 Å². The van der Waals surface area contributed by atoms with Gasteiger partial charge in [-0.1, -0.05) is 54.6 Å². The van der Waals surface area contributed by atoms with Crippen molar-refractivity contribution < 1.29 is 4.79 Å². The van der Waals surface area contributed by atoms with E-state index in [0.29, 0.717) is 0 Å². The Morgan fingerprint density at radius 1 is 0.885 bits per heavy atom. The van der Waals surface area contributed by atoms with Gasteiger partial charge in [-0.3, -0.25) is 4.79 Å². The van der Waals surface area contributed by atoms with E-state index >= 15 is 0 Å². The first-order valence-electron chi connectivity index (χ1n) is 8.72. The Hall–Kier alpha value is -3.33. The van der Waals surface area contributed by atoms with Gasteiger partial charge in [-0.25, -0.2) is 0 Å². The molecule has 0 aliphatic heterocycles. The zero-order chi connectivity index (χ0) is 17.9. The standard InChI is InChI=1S/C15H13NO.C8H7N/c1-10(17)16-15-8-4-7-13-12-6-3-2-5-11(12)9-14(13)15;1-2-4-8-7(3-1)5-6-9-8/h2-8H,9H2,1H3,(H,16,17);1-6,9H. The smallest absolute Gasteiger partial charge is 0.221 e. The maximum Gasteiger partial charge on any atom is 0.221 e. The van der Waals surface area contributed by atoms with E-state index in [-0.39, 0.29) is 5.91 Å². The van der Waals surface area contributed by atoms with Gasteiger partial charge in [0.05, 0.1) is 0 Å². The fraction of sp³-hybridized carbons (Fsp3) is 0.0870. The molecule has 2 N–H and O–H groups in total. The normalized spacial score (nSPS) is 11.3. The number of carbonyl (C=O) groups excluding carboxylic acids is 1. The highest BCUT2D eigenvalue weighted by molar-refractivity contribution is 5.93. The van der Waals surface area contributed by atoms with E-state index in [1.165, 1.54) is 33.2 Å². The predicted octanol–water partition coefficient (Wildman–Crippen LogP) is 5.38. The summed E-state index contributed by atoms with van der Waals surface area (Å²) in [5.74, 6) is -0.0191. The van der Waals surface area contributed by atoms with E-state index in [1.807, 2.05) is 30.5 Å². The van der Waals surface area contributed by atoms with E-state index in [4.69, 9.17) is 0 Å². The number of fused-ring (bicyclic) bond motifs is 4. The quantitative estimate of drug-likeness (QED) is 0.422. The van der Waals surface area contributed by atoms with Crippen molar-refractivity contribution in [3.63, 3.8) is 0 Å². The van der Waals surface area contributed by atoms with Crippen molar-refractivity contribution in [1.29, 1.82) is 0 Å². The van der Waals surface area contributed by atoms with Crippen LogP contribution in [-0.2, 0) is 11.2 Å². The van der Waals surface area contributed by atoms with Crippen LogP contribution in [0.5, 0.6) is 0 Å². The molecule has 0 radical (unpaired) electrons. The number of H-pyrrole nitrogens is 1. The summed E-state index contributed by atoms with van der Waals surface area (Å²) in [4.78, 5) is 14.3. The molecule has 128 valence electrons. The Kier molecular flexibility index (Phi) is 4.28. The van der Waals surface area contributed by atoms with Gasteiger partial charge in [-0.05, 0) is 45.8 Å². The second-order valence-electron chi connectivity index (χ2n) is 6.41. The van der Waals surface area contributed by atoms with Crippen LogP contribution >= 0.6 is 0 Å². The van der Waals surface area contributed by atoms with Gasteiger partial charge in [-0.2, -0.15) is 0 Å². The maximum absolute atomic E-state index is 11.2. The van der Waals surface area contributed by atoms with Crippen LogP contribution in [-0.4, -0.2) is 10.9 Å². The average molecular weight is 340 g/mol. The largest absolute Gasteiger partial charge is 0.361 e. The molecular formula is C23H20N2O. The fourth-order valence-electron chi connectivity index (χ4n) is 3.46. The molecule has 4 aromatic rings. The van der Waals surface area contributed by atoms with Gasteiger partial charge in [0.25, 0.3) is 0 Å². The minimum atomic E-state index is -0.0191. The number of benzene rings is 3. The van der Waals surface area contributed by atoms with Gasteiger partial charge >= 0.3 is 0 Å². The number of para-hydroxylation sites is 1. The molecule has 0 fully saturated rings. The minimum Gasteiger partial charge on any atom is -0.361 e. The Morgan fingerprint density at radius 2 is 1.65 bits per heavy atom. The molecule has 3 nitrogen and oxygen atoms in total. The molecule has 1 aromatic heterocycles. The van der Waals surface area contributed by atoms with Crippen LogP contribution < -0.4 is 5.32 Å². The molecule has 0 unspecified atom stereocenters. The predicted molar refractivity (Wildman–Crippen MR) is 107 cm³/mol. The summed E-state index contributed by atoms with van der Waals surface area (Å²) < 4.78 is 0. The van der Waals surface area contributed by atoms with Crippen molar-refractivity contribution in [2.45, 2.75) is 13.3 Å². The van der Waals surface area contributed by atoms with Crippen molar-refractivity contribution in [2.24, 2.45) is 0 Å². The van der Waals surface area contributed by atoms with Gasteiger partial charge in [0.15, 0.2) is 0 Å². The highest BCUT2D eigenvalue weighted by Gasteiger charge is 2.20. The first-order chi connectivity index (χ1) is 12.7. The first-order valence-corrected chi connectivity index (χ1v) is 8.72. The second-order valence-corrected chi connectivity index (χ2v) is 6.41. The number of carbonyl (C=O) groups is 1. The number of anilines is 1. The summed E-state index contributed by atoms with van der Waals surface area (Å²) in [6, 6.07) is 24.8. The number of amides is 1. The molecule has 1 aliphatic carbocycles. The third-order valence-corrected chi connectivity index (χ3v) is 4.62. The van der Waals surface area contributed by atoms with Crippen molar-refractivity contribution in [1.82, 2.24) is 4.98 Å². The van der Waals surface area contributed by atoms with Crippen LogP contribution in [0.15, 0.2) is 79.0 Å². The molecule has 26 heavy (non-hydrogen) atoms. The number of hydrogen-bond acceptors (Lipinski definition) is 1. The summed E-state index contributed by atoms with van der Waals surface area (Å²) in [6.45, 7) is 1.54. The summed E-state index contributed by atoms with van der Waals surface area (Å²) in [5.41, 5.74) is 7.23. The van der Waals surface area contributed by atoms with Crippen molar-refractivity contribution in [2.75, 3.05) is 5.32 Å². The molecule has 1 amide bonds. The van der Waals surface area contributed by atoms with Gasteiger partial charge in [0.2, 0.25) is 5.91 Å². The molecule has 0 saturated carbocycles. The third kappa shape index (κ3) is 3.11. The number of aromatic amines is 1. The van der Waals surface area contributed by atoms with Crippen molar-refractivity contribution >= 4 is 22.5 Å². The van der Waals surface area contributed by atoms with Crippen molar-refractivity contribution in [3.8, 4) is 11.1 Å². The van der Waals surface area contributed by atoms with Crippen LogP contribution in [0, 0.1) is 0 Å². The Balaban J connectivity index is 0.000000157. The number of hydrogen-bond donors (Lipinski definition) is 2. The zero-order valence-corrected chi connectivity index (χ0v) is 14.6. The lowest BCUT2D eigenvalue weighted by Crippen LogP contribution is -2.07. The summed E-state index contributed by atoms with van der Waals surface area (Å²) in [7, 11) is 0. The van der Waals surface area contributed by atoms with Crippen LogP contribution in [0.3, 0.4) is 0 Å². The van der Waals surface area contributed by atoms with Crippen LogP contribution in [0.1, 0.15) is 18.1 Å². The van der Waals surface area contributed by atoms with E-state index in [0.717, 1.165) is 12.1 Å². The lowest BCUT2D eigenvalue weighted by molar-refractivity contribution is -0.114. The molecule has 3 heteroatoms. The lowest BCUT2D eigenvalue weighted by atomic mass is 10.1. The van der Waals surface area contributed by atoms with Gasteiger partial charge in [-0.15, -0.1) is 0 Å². The molecular weight excluding hydrogens is 320 g/mol. The van der Waals surface area contributed by atoms with E-state index in [9.17, 15) is 4.79 Å². The van der Waals surface area contributed by atoms with E-state index in [2.05, 4.69) is 58.8 Å². The molecule has 1 heterocycles. The molecule has 0 atom stereocenters. The zero-order valence-electron chi connectivity index (χ0n) is 14.6. The van der Waals surface area contributed by atoms with Gasteiger partial charge < -0.3 is 10.3 Å². The topological polar surface area (TPSA) is 44.9 Å². The number of nitrogens with one attached hydrogen (secondary N) is 2. The molecule has 1 aliphatic rings. The summed E-state index contributed by atoms with van der Waals surface area (Å²) >= 11 is 0. The SMILES string of the molecule is CC(=O)Nc1cccc2c1Cc1ccccc1-2.c1ccc2[nH]ccc2c1. The van der Waals surface area contributed by atoms with Gasteiger partial charge in [0.1, 0.15) is 0 Å². The lowest BCUT2D eigenvalue weighted by Gasteiger charge is -2.08. The van der Waals surface area contributed by atoms with E-state index < -0.39 is 0 Å².